The van der Waals surface area contributed by atoms with Gasteiger partial charge in [-0.2, -0.15) is 0 Å². The van der Waals surface area contributed by atoms with Crippen molar-refractivity contribution in [3.63, 3.8) is 0 Å². The van der Waals surface area contributed by atoms with E-state index in [0.717, 1.165) is 58.3 Å². The Morgan fingerprint density at radius 2 is 2.05 bits per heavy atom. The van der Waals surface area contributed by atoms with Gasteiger partial charge in [0.1, 0.15) is 0 Å². The predicted octanol–water partition coefficient (Wildman–Crippen LogP) is 0.893. The second kappa shape index (κ2) is 6.57. The molecule has 2 rings (SSSR count). The zero-order valence-corrected chi connectivity index (χ0v) is 12.7. The molecule has 0 aromatic carbocycles. The van der Waals surface area contributed by atoms with Crippen molar-refractivity contribution in [2.75, 3.05) is 26.2 Å². The standard InChI is InChI=1S/C15H27N3O2/c1-3-6-15(7-8-16-11-15)14(20)18-9-4-13(5-10-18)17-12(2)19/h13,16H,3-11H2,1-2H3,(H,17,19). The van der Waals surface area contributed by atoms with E-state index in [1.165, 1.54) is 0 Å². The zero-order valence-electron chi connectivity index (χ0n) is 12.7. The molecule has 0 aromatic rings. The van der Waals surface area contributed by atoms with E-state index in [9.17, 15) is 9.59 Å². The van der Waals surface area contributed by atoms with Crippen molar-refractivity contribution in [3.05, 3.63) is 0 Å². The van der Waals surface area contributed by atoms with E-state index in [1.54, 1.807) is 6.92 Å². The van der Waals surface area contributed by atoms with Gasteiger partial charge in [0.2, 0.25) is 11.8 Å². The molecule has 2 saturated heterocycles. The monoisotopic (exact) mass is 281 g/mol. The van der Waals surface area contributed by atoms with Crippen molar-refractivity contribution in [1.29, 1.82) is 0 Å². The van der Waals surface area contributed by atoms with Gasteiger partial charge in [-0.15, -0.1) is 0 Å². The normalized spacial score (nSPS) is 27.6. The smallest absolute Gasteiger partial charge is 0.230 e. The molecule has 1 atom stereocenters. The summed E-state index contributed by atoms with van der Waals surface area (Å²) in [4.78, 5) is 25.9. The van der Waals surface area contributed by atoms with Crippen molar-refractivity contribution in [2.24, 2.45) is 5.41 Å². The predicted molar refractivity (Wildman–Crippen MR) is 78.2 cm³/mol. The van der Waals surface area contributed by atoms with Crippen LogP contribution in [0.5, 0.6) is 0 Å². The second-order valence-electron chi connectivity index (χ2n) is 6.22. The summed E-state index contributed by atoms with van der Waals surface area (Å²) in [5, 5.41) is 6.30. The minimum atomic E-state index is -0.171. The Labute approximate surface area is 121 Å². The minimum Gasteiger partial charge on any atom is -0.353 e. The average Bonchev–Trinajstić information content (AvgIpc) is 2.88. The third-order valence-corrected chi connectivity index (χ3v) is 4.62. The van der Waals surface area contributed by atoms with Crippen LogP contribution in [0.25, 0.3) is 0 Å². The van der Waals surface area contributed by atoms with E-state index in [-0.39, 0.29) is 17.4 Å². The maximum absolute atomic E-state index is 12.8. The van der Waals surface area contributed by atoms with Crippen molar-refractivity contribution in [3.8, 4) is 0 Å². The molecule has 2 aliphatic rings. The number of carbonyl (C=O) groups excluding carboxylic acids is 2. The van der Waals surface area contributed by atoms with Crippen molar-refractivity contribution in [1.82, 2.24) is 15.5 Å². The Morgan fingerprint density at radius 3 is 2.55 bits per heavy atom. The molecule has 114 valence electrons. The Balaban J connectivity index is 1.92. The zero-order chi connectivity index (χ0) is 14.6. The third-order valence-electron chi connectivity index (χ3n) is 4.62. The van der Waals surface area contributed by atoms with Crippen LogP contribution in [-0.4, -0.2) is 48.9 Å². The molecule has 0 bridgehead atoms. The fourth-order valence-corrected chi connectivity index (χ4v) is 3.57. The highest BCUT2D eigenvalue weighted by Gasteiger charge is 2.43. The van der Waals surface area contributed by atoms with Crippen LogP contribution in [0.4, 0.5) is 0 Å². The fraction of sp³-hybridized carbons (Fsp3) is 0.867. The summed E-state index contributed by atoms with van der Waals surface area (Å²) in [6.07, 6.45) is 4.74. The molecule has 2 heterocycles. The lowest BCUT2D eigenvalue weighted by atomic mass is 9.80. The highest BCUT2D eigenvalue weighted by molar-refractivity contribution is 5.83. The van der Waals surface area contributed by atoms with Crippen LogP contribution in [0.15, 0.2) is 0 Å². The first-order valence-electron chi connectivity index (χ1n) is 7.84. The van der Waals surface area contributed by atoms with Crippen molar-refractivity contribution < 1.29 is 9.59 Å². The topological polar surface area (TPSA) is 61.4 Å². The average molecular weight is 281 g/mol. The van der Waals surface area contributed by atoms with Gasteiger partial charge in [-0.05, 0) is 32.2 Å². The Morgan fingerprint density at radius 1 is 1.35 bits per heavy atom. The van der Waals surface area contributed by atoms with Gasteiger partial charge >= 0.3 is 0 Å². The first kappa shape index (κ1) is 15.3. The molecule has 2 N–H and O–H groups in total. The second-order valence-corrected chi connectivity index (χ2v) is 6.22. The maximum Gasteiger partial charge on any atom is 0.230 e. The molecule has 5 heteroatoms. The van der Waals surface area contributed by atoms with E-state index in [4.69, 9.17) is 0 Å². The lowest BCUT2D eigenvalue weighted by Crippen LogP contribution is -2.51. The number of nitrogens with one attached hydrogen (secondary N) is 2. The number of likely N-dealkylation sites (tertiary alicyclic amines) is 1. The molecule has 0 aromatic heterocycles. The highest BCUT2D eigenvalue weighted by atomic mass is 16.2. The SMILES string of the molecule is CCCC1(C(=O)N2CCC(NC(C)=O)CC2)CCNC1. The summed E-state index contributed by atoms with van der Waals surface area (Å²) in [6, 6.07) is 0.236. The fourth-order valence-electron chi connectivity index (χ4n) is 3.57. The van der Waals surface area contributed by atoms with Gasteiger partial charge in [-0.1, -0.05) is 13.3 Å². The molecule has 0 spiro atoms. The molecule has 2 fully saturated rings. The van der Waals surface area contributed by atoms with Gasteiger partial charge in [0.05, 0.1) is 5.41 Å². The van der Waals surface area contributed by atoms with Gasteiger partial charge in [0, 0.05) is 32.6 Å². The largest absolute Gasteiger partial charge is 0.353 e. The van der Waals surface area contributed by atoms with Crippen LogP contribution in [-0.2, 0) is 9.59 Å². The molecule has 2 amide bonds. The van der Waals surface area contributed by atoms with Crippen LogP contribution < -0.4 is 10.6 Å². The third kappa shape index (κ3) is 3.32. The van der Waals surface area contributed by atoms with E-state index < -0.39 is 0 Å². The number of rotatable bonds is 4. The Bertz CT molecular complexity index is 356. The molecule has 0 saturated carbocycles. The first-order chi connectivity index (χ1) is 9.57. The number of carbonyl (C=O) groups is 2. The van der Waals surface area contributed by atoms with Crippen LogP contribution in [0, 0.1) is 5.41 Å². The van der Waals surface area contributed by atoms with E-state index >= 15 is 0 Å². The van der Waals surface area contributed by atoms with Gasteiger partial charge in [0.25, 0.3) is 0 Å². The van der Waals surface area contributed by atoms with Gasteiger partial charge in [-0.3, -0.25) is 9.59 Å². The van der Waals surface area contributed by atoms with Crippen LogP contribution in [0.3, 0.4) is 0 Å². The lowest BCUT2D eigenvalue weighted by molar-refractivity contribution is -0.142. The number of hydrogen-bond acceptors (Lipinski definition) is 3. The number of piperidine rings is 1. The summed E-state index contributed by atoms with van der Waals surface area (Å²) < 4.78 is 0. The molecule has 1 unspecified atom stereocenters. The number of hydrogen-bond donors (Lipinski definition) is 2. The Hall–Kier alpha value is -1.10. The van der Waals surface area contributed by atoms with Crippen molar-refractivity contribution in [2.45, 2.75) is 52.0 Å². The number of nitrogens with zero attached hydrogens (tertiary/aromatic N) is 1. The quantitative estimate of drug-likeness (QED) is 0.804. The molecule has 0 radical (unpaired) electrons. The molecule has 2 aliphatic heterocycles. The summed E-state index contributed by atoms with van der Waals surface area (Å²) in [5.74, 6) is 0.350. The maximum atomic E-state index is 12.8. The molecule has 5 nitrogen and oxygen atoms in total. The van der Waals surface area contributed by atoms with E-state index in [2.05, 4.69) is 17.6 Å². The highest BCUT2D eigenvalue weighted by Crippen LogP contribution is 2.34. The summed E-state index contributed by atoms with van der Waals surface area (Å²) >= 11 is 0. The van der Waals surface area contributed by atoms with E-state index in [1.807, 2.05) is 4.90 Å². The molecular formula is C15H27N3O2. The lowest BCUT2D eigenvalue weighted by Gasteiger charge is -2.38. The van der Waals surface area contributed by atoms with Crippen molar-refractivity contribution >= 4 is 11.8 Å². The minimum absolute atomic E-state index is 0.0252. The summed E-state index contributed by atoms with van der Waals surface area (Å²) in [6.45, 7) is 7.03. The van der Waals surface area contributed by atoms with Crippen LogP contribution >= 0.6 is 0 Å². The van der Waals surface area contributed by atoms with Crippen LogP contribution in [0.2, 0.25) is 0 Å². The Kier molecular flexibility index (Phi) is 5.02. The van der Waals surface area contributed by atoms with Gasteiger partial charge < -0.3 is 15.5 Å². The number of amides is 2. The van der Waals surface area contributed by atoms with Crippen LogP contribution in [0.1, 0.15) is 46.0 Å². The molecular weight excluding hydrogens is 254 g/mol. The van der Waals surface area contributed by atoms with Gasteiger partial charge in [0.15, 0.2) is 0 Å². The van der Waals surface area contributed by atoms with E-state index in [0.29, 0.717) is 5.91 Å². The summed E-state index contributed by atoms with van der Waals surface area (Å²) in [7, 11) is 0. The summed E-state index contributed by atoms with van der Waals surface area (Å²) in [5.41, 5.74) is -0.171. The molecule has 0 aliphatic carbocycles. The van der Waals surface area contributed by atoms with Gasteiger partial charge in [-0.25, -0.2) is 0 Å². The molecule has 20 heavy (non-hydrogen) atoms. The first-order valence-corrected chi connectivity index (χ1v) is 7.84.